The van der Waals surface area contributed by atoms with Crippen LogP contribution in [0.3, 0.4) is 0 Å². The Kier molecular flexibility index (Phi) is 5.68. The SMILES string of the molecule is Cn1cc(C(=O)NC(Cc2ccc(O)cc2)C(=O)C(=O)C(=O)C=O)nn1. The molecule has 2 N–H and O–H groups in total. The van der Waals surface area contributed by atoms with Crippen molar-refractivity contribution in [1.29, 1.82) is 0 Å². The fourth-order valence-electron chi connectivity index (χ4n) is 2.09. The van der Waals surface area contributed by atoms with Crippen molar-refractivity contribution in [3.8, 4) is 5.75 Å². The lowest BCUT2D eigenvalue weighted by atomic mass is 9.98. The van der Waals surface area contributed by atoms with Crippen molar-refractivity contribution >= 4 is 29.5 Å². The molecule has 2 aromatic rings. The Balaban J connectivity index is 2.24. The van der Waals surface area contributed by atoms with Crippen LogP contribution in [0, 0.1) is 0 Å². The van der Waals surface area contributed by atoms with Crippen LogP contribution in [0.15, 0.2) is 30.5 Å². The number of ketones is 3. The molecule has 10 heteroatoms. The van der Waals surface area contributed by atoms with Crippen LogP contribution in [0.4, 0.5) is 0 Å². The van der Waals surface area contributed by atoms with Gasteiger partial charge in [-0.2, -0.15) is 0 Å². The van der Waals surface area contributed by atoms with Crippen molar-refractivity contribution in [2.75, 3.05) is 0 Å². The monoisotopic (exact) mass is 358 g/mol. The van der Waals surface area contributed by atoms with E-state index in [9.17, 15) is 29.1 Å². The third-order valence-corrected chi connectivity index (χ3v) is 3.39. The largest absolute Gasteiger partial charge is 0.508 e. The maximum Gasteiger partial charge on any atom is 0.274 e. The minimum absolute atomic E-state index is 0.00701. The molecule has 0 aliphatic heterocycles. The van der Waals surface area contributed by atoms with Crippen molar-refractivity contribution in [1.82, 2.24) is 20.3 Å². The van der Waals surface area contributed by atoms with E-state index in [-0.39, 0.29) is 24.2 Å². The number of phenolic OH excluding ortho intramolecular Hbond substituents is 1. The molecule has 0 saturated carbocycles. The van der Waals surface area contributed by atoms with Crippen molar-refractivity contribution in [3.63, 3.8) is 0 Å². The molecule has 0 radical (unpaired) electrons. The number of hydrogen-bond acceptors (Lipinski definition) is 8. The number of amides is 1. The Morgan fingerprint density at radius 2 is 1.88 bits per heavy atom. The summed E-state index contributed by atoms with van der Waals surface area (Å²) in [6.45, 7) is 0. The van der Waals surface area contributed by atoms with E-state index < -0.39 is 29.3 Å². The number of nitrogens with zero attached hydrogens (tertiary/aromatic N) is 3. The Bertz CT molecular complexity index is 871. The van der Waals surface area contributed by atoms with Crippen molar-refractivity contribution < 1.29 is 29.1 Å². The molecule has 0 spiro atoms. The van der Waals surface area contributed by atoms with Gasteiger partial charge in [-0.15, -0.1) is 5.10 Å². The zero-order valence-corrected chi connectivity index (χ0v) is 13.6. The van der Waals surface area contributed by atoms with E-state index in [1.807, 2.05) is 0 Å². The van der Waals surface area contributed by atoms with E-state index in [2.05, 4.69) is 15.6 Å². The summed E-state index contributed by atoms with van der Waals surface area (Å²) >= 11 is 0. The smallest absolute Gasteiger partial charge is 0.274 e. The number of aromatic hydroxyl groups is 1. The lowest BCUT2D eigenvalue weighted by Gasteiger charge is -2.16. The summed E-state index contributed by atoms with van der Waals surface area (Å²) in [6.07, 6.45) is 0.904. The minimum atomic E-state index is -1.52. The van der Waals surface area contributed by atoms with E-state index in [4.69, 9.17) is 0 Å². The van der Waals surface area contributed by atoms with Crippen LogP contribution in [0.25, 0.3) is 0 Å². The highest BCUT2D eigenvalue weighted by Crippen LogP contribution is 2.12. The molecule has 1 atom stereocenters. The Morgan fingerprint density at radius 3 is 2.42 bits per heavy atom. The second kappa shape index (κ2) is 7.92. The van der Waals surface area contributed by atoms with Gasteiger partial charge in [-0.25, -0.2) is 0 Å². The third-order valence-electron chi connectivity index (χ3n) is 3.39. The van der Waals surface area contributed by atoms with Crippen molar-refractivity contribution in [3.05, 3.63) is 41.7 Å². The Labute approximate surface area is 146 Å². The highest BCUT2D eigenvalue weighted by atomic mass is 16.3. The van der Waals surface area contributed by atoms with Gasteiger partial charge < -0.3 is 10.4 Å². The van der Waals surface area contributed by atoms with Gasteiger partial charge in [0.05, 0.1) is 6.20 Å². The molecule has 1 aromatic heterocycles. The first-order valence-corrected chi connectivity index (χ1v) is 7.34. The molecule has 0 aliphatic carbocycles. The number of carbonyl (C=O) groups is 5. The summed E-state index contributed by atoms with van der Waals surface area (Å²) in [4.78, 5) is 57.8. The molecule has 134 valence electrons. The molecule has 1 aromatic carbocycles. The molecule has 0 aliphatic rings. The number of Topliss-reactive ketones (excluding diaryl/α,β-unsaturated/α-hetero) is 3. The first kappa shape index (κ1) is 18.6. The van der Waals surface area contributed by atoms with Gasteiger partial charge in [0.25, 0.3) is 17.5 Å². The number of phenols is 1. The summed E-state index contributed by atoms with van der Waals surface area (Å²) in [6, 6.07) is 4.29. The number of carbonyl (C=O) groups excluding carboxylic acids is 5. The van der Waals surface area contributed by atoms with E-state index in [0.29, 0.717) is 5.56 Å². The molecule has 1 amide bonds. The van der Waals surface area contributed by atoms with E-state index in [1.54, 1.807) is 0 Å². The highest BCUT2D eigenvalue weighted by molar-refractivity contribution is 6.75. The van der Waals surface area contributed by atoms with Gasteiger partial charge >= 0.3 is 0 Å². The lowest BCUT2D eigenvalue weighted by molar-refractivity contribution is -0.146. The molecular formula is C16H14N4O6. The molecule has 1 heterocycles. The summed E-state index contributed by atoms with van der Waals surface area (Å²) in [5, 5.41) is 18.8. The van der Waals surface area contributed by atoms with Crippen LogP contribution < -0.4 is 5.32 Å². The summed E-state index contributed by atoms with van der Waals surface area (Å²) in [5.41, 5.74) is 0.414. The number of rotatable bonds is 8. The van der Waals surface area contributed by atoms with Crippen LogP contribution in [-0.4, -0.2) is 55.7 Å². The molecule has 2 rings (SSSR count). The number of aryl methyl sites for hydroxylation is 1. The third kappa shape index (κ3) is 4.44. The zero-order valence-electron chi connectivity index (χ0n) is 13.6. The van der Waals surface area contributed by atoms with Crippen LogP contribution in [-0.2, 0) is 32.6 Å². The highest BCUT2D eigenvalue weighted by Gasteiger charge is 2.31. The first-order chi connectivity index (χ1) is 12.3. The van der Waals surface area contributed by atoms with E-state index >= 15 is 0 Å². The van der Waals surface area contributed by atoms with Gasteiger partial charge in [0.2, 0.25) is 5.78 Å². The van der Waals surface area contributed by atoms with Gasteiger partial charge in [-0.05, 0) is 17.7 Å². The number of hydrogen-bond donors (Lipinski definition) is 2. The van der Waals surface area contributed by atoms with Crippen LogP contribution in [0.5, 0.6) is 5.75 Å². The summed E-state index contributed by atoms with van der Waals surface area (Å²) in [7, 11) is 1.54. The number of nitrogens with one attached hydrogen (secondary N) is 1. The standard InChI is InChI=1S/C16H14N4O6/c1-20-7-12(18-19-20)16(26)17-11(14(24)15(25)13(23)8-21)6-9-2-4-10(22)5-3-9/h2-5,7-8,11,22H,6H2,1H3,(H,17,26). The lowest BCUT2D eigenvalue weighted by Crippen LogP contribution is -2.47. The minimum Gasteiger partial charge on any atom is -0.508 e. The fraction of sp³-hybridized carbons (Fsp3) is 0.188. The molecular weight excluding hydrogens is 344 g/mol. The fourth-order valence-corrected chi connectivity index (χ4v) is 2.09. The van der Waals surface area contributed by atoms with Gasteiger partial charge in [-0.3, -0.25) is 28.7 Å². The quantitative estimate of drug-likeness (QED) is 0.338. The molecule has 0 fully saturated rings. The molecule has 26 heavy (non-hydrogen) atoms. The Morgan fingerprint density at radius 1 is 1.23 bits per heavy atom. The normalized spacial score (nSPS) is 11.4. The summed E-state index contributed by atoms with van der Waals surface area (Å²) < 4.78 is 1.27. The van der Waals surface area contributed by atoms with Gasteiger partial charge in [0.15, 0.2) is 12.0 Å². The number of aromatic nitrogens is 3. The summed E-state index contributed by atoms with van der Waals surface area (Å²) in [5.74, 6) is -5.04. The maximum atomic E-state index is 12.3. The molecule has 0 bridgehead atoms. The predicted octanol–water partition coefficient (Wildman–Crippen LogP) is -1.23. The van der Waals surface area contributed by atoms with Crippen LogP contribution in [0.2, 0.25) is 0 Å². The number of aldehydes is 1. The van der Waals surface area contributed by atoms with E-state index in [1.165, 1.54) is 42.2 Å². The number of benzene rings is 1. The van der Waals surface area contributed by atoms with Gasteiger partial charge in [-0.1, -0.05) is 17.3 Å². The average molecular weight is 358 g/mol. The zero-order chi connectivity index (χ0) is 19.3. The van der Waals surface area contributed by atoms with E-state index in [0.717, 1.165) is 0 Å². The van der Waals surface area contributed by atoms with Crippen molar-refractivity contribution in [2.24, 2.45) is 7.05 Å². The van der Waals surface area contributed by atoms with Crippen molar-refractivity contribution in [2.45, 2.75) is 12.5 Å². The van der Waals surface area contributed by atoms with Gasteiger partial charge in [0.1, 0.15) is 11.8 Å². The molecule has 1 unspecified atom stereocenters. The van der Waals surface area contributed by atoms with Gasteiger partial charge in [0, 0.05) is 13.5 Å². The first-order valence-electron chi connectivity index (χ1n) is 7.34. The Hall–Kier alpha value is -3.69. The van der Waals surface area contributed by atoms with Crippen LogP contribution >= 0.6 is 0 Å². The maximum absolute atomic E-state index is 12.3. The second-order valence-electron chi connectivity index (χ2n) is 5.35. The molecule has 0 saturated heterocycles. The second-order valence-corrected chi connectivity index (χ2v) is 5.35. The average Bonchev–Trinajstić information content (AvgIpc) is 3.07. The topological polar surface area (TPSA) is 148 Å². The predicted molar refractivity (Wildman–Crippen MR) is 85.2 cm³/mol. The van der Waals surface area contributed by atoms with Crippen LogP contribution in [0.1, 0.15) is 16.1 Å². The molecule has 10 nitrogen and oxygen atoms in total.